The summed E-state index contributed by atoms with van der Waals surface area (Å²) in [6.45, 7) is 6.71. The van der Waals surface area contributed by atoms with Crippen LogP contribution in [0, 0.1) is 0 Å². The Hall–Kier alpha value is -0.670. The van der Waals surface area contributed by atoms with E-state index in [9.17, 15) is 8.42 Å². The Morgan fingerprint density at radius 3 is 2.77 bits per heavy atom. The number of nitrogens with one attached hydrogen (secondary N) is 2. The highest BCUT2D eigenvalue weighted by Crippen LogP contribution is 2.27. The van der Waals surface area contributed by atoms with E-state index in [1.165, 1.54) is 4.90 Å². The van der Waals surface area contributed by atoms with Crippen molar-refractivity contribution in [3.8, 4) is 5.75 Å². The van der Waals surface area contributed by atoms with Crippen LogP contribution in [-0.4, -0.2) is 54.4 Å². The third-order valence-corrected chi connectivity index (χ3v) is 5.44. The molecule has 0 saturated carbocycles. The molecule has 1 fully saturated rings. The maximum Gasteiger partial charge on any atom is 0.244 e. The van der Waals surface area contributed by atoms with Crippen LogP contribution < -0.4 is 14.4 Å². The Morgan fingerprint density at radius 2 is 2.09 bits per heavy atom. The molecule has 1 aromatic carbocycles. The zero-order valence-electron chi connectivity index (χ0n) is 12.6. The molecule has 0 aliphatic carbocycles. The minimum absolute atomic E-state index is 0.167. The molecular weight excluding hydrogens is 372 g/mol. The highest BCUT2D eigenvalue weighted by Gasteiger charge is 2.21. The van der Waals surface area contributed by atoms with Crippen LogP contribution in [-0.2, 0) is 14.8 Å². The smallest absolute Gasteiger partial charge is 0.244 e. The van der Waals surface area contributed by atoms with Crippen molar-refractivity contribution in [1.82, 2.24) is 4.72 Å². The Bertz CT molecular complexity index is 589. The quantitative estimate of drug-likeness (QED) is 0.686. The monoisotopic (exact) mass is 393 g/mol. The summed E-state index contributed by atoms with van der Waals surface area (Å²) in [6.07, 6.45) is 0. The maximum absolute atomic E-state index is 12.5. The summed E-state index contributed by atoms with van der Waals surface area (Å²) in [5.74, 6) is 0.372. The molecule has 22 heavy (non-hydrogen) atoms. The van der Waals surface area contributed by atoms with Gasteiger partial charge in [-0.1, -0.05) is 15.9 Å². The number of morpholine rings is 1. The predicted octanol–water partition coefficient (Wildman–Crippen LogP) is 0.0412. The van der Waals surface area contributed by atoms with E-state index in [1.807, 2.05) is 6.92 Å². The number of rotatable bonds is 7. The van der Waals surface area contributed by atoms with Crippen LogP contribution in [0.5, 0.6) is 5.75 Å². The second-order valence-corrected chi connectivity index (χ2v) is 7.69. The molecule has 6 nitrogen and oxygen atoms in total. The first-order valence-corrected chi connectivity index (χ1v) is 9.64. The van der Waals surface area contributed by atoms with Crippen molar-refractivity contribution in [3.05, 3.63) is 22.7 Å². The van der Waals surface area contributed by atoms with Gasteiger partial charge in [-0.3, -0.25) is 0 Å². The second-order valence-electron chi connectivity index (χ2n) is 5.03. The van der Waals surface area contributed by atoms with E-state index in [4.69, 9.17) is 9.47 Å². The van der Waals surface area contributed by atoms with Gasteiger partial charge < -0.3 is 14.4 Å². The van der Waals surface area contributed by atoms with Gasteiger partial charge in [-0.2, -0.15) is 0 Å². The Balaban J connectivity index is 2.01. The van der Waals surface area contributed by atoms with E-state index in [1.54, 1.807) is 18.2 Å². The number of quaternary nitrogens is 1. The van der Waals surface area contributed by atoms with Crippen LogP contribution in [0.2, 0.25) is 0 Å². The fraction of sp³-hybridized carbons (Fsp3) is 0.571. The van der Waals surface area contributed by atoms with Gasteiger partial charge >= 0.3 is 0 Å². The third kappa shape index (κ3) is 4.92. The van der Waals surface area contributed by atoms with Crippen molar-refractivity contribution >= 4 is 26.0 Å². The molecule has 2 rings (SSSR count). The van der Waals surface area contributed by atoms with Crippen molar-refractivity contribution in [2.45, 2.75) is 11.8 Å². The molecule has 0 amide bonds. The van der Waals surface area contributed by atoms with Gasteiger partial charge in [0, 0.05) is 4.47 Å². The first-order valence-electron chi connectivity index (χ1n) is 7.36. The van der Waals surface area contributed by atoms with Crippen LogP contribution in [0.15, 0.2) is 27.6 Å². The summed E-state index contributed by atoms with van der Waals surface area (Å²) in [7, 11) is -3.59. The summed E-state index contributed by atoms with van der Waals surface area (Å²) in [5, 5.41) is 0. The van der Waals surface area contributed by atoms with Crippen LogP contribution in [0.1, 0.15) is 6.92 Å². The number of hydrogen-bond acceptors (Lipinski definition) is 4. The lowest BCUT2D eigenvalue weighted by Gasteiger charge is -2.23. The Morgan fingerprint density at radius 1 is 1.36 bits per heavy atom. The van der Waals surface area contributed by atoms with Gasteiger partial charge in [0.05, 0.1) is 32.9 Å². The van der Waals surface area contributed by atoms with Gasteiger partial charge in [0.2, 0.25) is 10.0 Å². The zero-order valence-corrected chi connectivity index (χ0v) is 15.0. The lowest BCUT2D eigenvalue weighted by Crippen LogP contribution is -3.14. The fourth-order valence-corrected chi connectivity index (χ4v) is 4.03. The highest BCUT2D eigenvalue weighted by atomic mass is 79.9. The van der Waals surface area contributed by atoms with Crippen LogP contribution in [0.3, 0.4) is 0 Å². The standard InChI is InChI=1S/C14H21BrN2O4S/c1-2-21-13-4-3-12(15)11-14(13)22(18,19)16-5-6-17-7-9-20-10-8-17/h3-4,11,16H,2,5-10H2,1H3/p+1. The minimum atomic E-state index is -3.59. The SMILES string of the molecule is CCOc1ccc(Br)cc1S(=O)(=O)NCC[NH+]1CCOCC1. The molecule has 0 atom stereocenters. The molecule has 1 aliphatic heterocycles. The normalized spacial score (nSPS) is 16.6. The summed E-state index contributed by atoms with van der Waals surface area (Å²) in [5.41, 5.74) is 0. The number of hydrogen-bond donors (Lipinski definition) is 2. The van der Waals surface area contributed by atoms with Crippen LogP contribution >= 0.6 is 15.9 Å². The molecule has 0 spiro atoms. The molecule has 2 N–H and O–H groups in total. The molecule has 1 heterocycles. The number of sulfonamides is 1. The largest absolute Gasteiger partial charge is 0.492 e. The van der Waals surface area contributed by atoms with Crippen molar-refractivity contribution in [2.75, 3.05) is 46.0 Å². The highest BCUT2D eigenvalue weighted by molar-refractivity contribution is 9.10. The number of halogens is 1. The minimum Gasteiger partial charge on any atom is -0.492 e. The van der Waals surface area contributed by atoms with E-state index in [0.717, 1.165) is 32.8 Å². The van der Waals surface area contributed by atoms with Gasteiger partial charge in [-0.25, -0.2) is 13.1 Å². The van der Waals surface area contributed by atoms with Crippen LogP contribution in [0.4, 0.5) is 0 Å². The van der Waals surface area contributed by atoms with Crippen molar-refractivity contribution < 1.29 is 22.8 Å². The van der Waals surface area contributed by atoms with E-state index < -0.39 is 10.0 Å². The summed E-state index contributed by atoms with van der Waals surface area (Å²) in [6, 6.07) is 4.99. The molecule has 124 valence electrons. The predicted molar refractivity (Wildman–Crippen MR) is 86.9 cm³/mol. The summed E-state index contributed by atoms with van der Waals surface area (Å²) < 4.78 is 39.0. The number of benzene rings is 1. The molecule has 0 aromatic heterocycles. The molecule has 0 bridgehead atoms. The van der Waals surface area contributed by atoms with Gasteiger partial charge in [0.15, 0.2) is 0 Å². The summed E-state index contributed by atoms with van der Waals surface area (Å²) >= 11 is 3.30. The average molecular weight is 394 g/mol. The first kappa shape index (κ1) is 17.7. The molecule has 0 unspecified atom stereocenters. The second kappa shape index (κ2) is 8.26. The van der Waals surface area contributed by atoms with Gasteiger partial charge in [-0.05, 0) is 25.1 Å². The number of ether oxygens (including phenoxy) is 2. The van der Waals surface area contributed by atoms with E-state index in [0.29, 0.717) is 23.4 Å². The lowest BCUT2D eigenvalue weighted by molar-refractivity contribution is -0.906. The first-order chi connectivity index (χ1) is 10.5. The van der Waals surface area contributed by atoms with E-state index in [2.05, 4.69) is 20.7 Å². The fourth-order valence-electron chi connectivity index (χ4n) is 2.32. The maximum atomic E-state index is 12.5. The lowest BCUT2D eigenvalue weighted by atomic mass is 10.3. The van der Waals surface area contributed by atoms with E-state index >= 15 is 0 Å². The zero-order chi connectivity index (χ0) is 16.0. The molecule has 1 saturated heterocycles. The van der Waals surface area contributed by atoms with Crippen molar-refractivity contribution in [1.29, 1.82) is 0 Å². The van der Waals surface area contributed by atoms with Crippen LogP contribution in [0.25, 0.3) is 0 Å². The molecule has 8 heteroatoms. The molecular formula is C14H22BrN2O4S+. The topological polar surface area (TPSA) is 69.1 Å². The Labute approximate surface area is 140 Å². The molecule has 1 aliphatic rings. The average Bonchev–Trinajstić information content (AvgIpc) is 2.50. The molecule has 0 radical (unpaired) electrons. The molecule has 1 aromatic rings. The van der Waals surface area contributed by atoms with Gasteiger partial charge in [-0.15, -0.1) is 0 Å². The van der Waals surface area contributed by atoms with Crippen molar-refractivity contribution in [3.63, 3.8) is 0 Å². The third-order valence-electron chi connectivity index (χ3n) is 3.47. The van der Waals surface area contributed by atoms with Crippen molar-refractivity contribution in [2.24, 2.45) is 0 Å². The Kier molecular flexibility index (Phi) is 6.64. The summed E-state index contributed by atoms with van der Waals surface area (Å²) in [4.78, 5) is 1.52. The van der Waals surface area contributed by atoms with Gasteiger partial charge in [0.25, 0.3) is 0 Å². The van der Waals surface area contributed by atoms with E-state index in [-0.39, 0.29) is 4.90 Å². The van der Waals surface area contributed by atoms with Gasteiger partial charge in [0.1, 0.15) is 23.7 Å².